The highest BCUT2D eigenvalue weighted by molar-refractivity contribution is 5.82. The second-order valence-electron chi connectivity index (χ2n) is 5.53. The highest BCUT2D eigenvalue weighted by atomic mass is 16.6. The van der Waals surface area contributed by atoms with E-state index in [1.165, 1.54) is 20.3 Å². The number of nitrogens with one attached hydrogen (secondary N) is 1. The van der Waals surface area contributed by atoms with Crippen molar-refractivity contribution < 1.29 is 28.9 Å². The van der Waals surface area contributed by atoms with E-state index in [0.29, 0.717) is 17.1 Å². The molecule has 1 aromatic carbocycles. The number of carbonyl (C=O) groups is 2. The Labute approximate surface area is 129 Å². The van der Waals surface area contributed by atoms with E-state index in [1.807, 2.05) is 0 Å². The number of carbonyl (C=O) groups excluding carboxylic acids is 1. The van der Waals surface area contributed by atoms with E-state index in [2.05, 4.69) is 5.32 Å². The van der Waals surface area contributed by atoms with Gasteiger partial charge in [0.05, 0.1) is 14.2 Å². The van der Waals surface area contributed by atoms with Crippen LogP contribution in [0.4, 0.5) is 4.79 Å². The number of hydrogen-bond donors (Lipinski definition) is 2. The van der Waals surface area contributed by atoms with Gasteiger partial charge in [0.1, 0.15) is 17.1 Å². The monoisotopic (exact) mass is 311 g/mol. The summed E-state index contributed by atoms with van der Waals surface area (Å²) < 4.78 is 15.3. The Balaban J connectivity index is 3.06. The summed E-state index contributed by atoms with van der Waals surface area (Å²) in [5.74, 6) is -0.417. The number of carboxylic acids is 1. The molecule has 0 aliphatic rings. The van der Waals surface area contributed by atoms with Crippen molar-refractivity contribution in [3.63, 3.8) is 0 Å². The van der Waals surface area contributed by atoms with Crippen LogP contribution in [0.15, 0.2) is 18.2 Å². The van der Waals surface area contributed by atoms with Crippen molar-refractivity contribution in [1.29, 1.82) is 0 Å². The van der Waals surface area contributed by atoms with Crippen molar-refractivity contribution in [3.8, 4) is 11.5 Å². The number of hydrogen-bond acceptors (Lipinski definition) is 5. The van der Waals surface area contributed by atoms with Gasteiger partial charge < -0.3 is 24.6 Å². The number of rotatable bonds is 5. The molecule has 7 nitrogen and oxygen atoms in total. The molecule has 0 saturated heterocycles. The normalized spacial score (nSPS) is 12.2. The lowest BCUT2D eigenvalue weighted by molar-refractivity contribution is -0.139. The maximum atomic E-state index is 11.8. The Hall–Kier alpha value is -2.44. The van der Waals surface area contributed by atoms with Gasteiger partial charge in [-0.3, -0.25) is 0 Å². The smallest absolute Gasteiger partial charge is 0.408 e. The first-order valence-electron chi connectivity index (χ1n) is 6.62. The quantitative estimate of drug-likeness (QED) is 0.867. The zero-order valence-electron chi connectivity index (χ0n) is 13.3. The summed E-state index contributed by atoms with van der Waals surface area (Å²) in [5, 5.41) is 11.7. The Morgan fingerprint density at radius 1 is 1.18 bits per heavy atom. The summed E-state index contributed by atoms with van der Waals surface area (Å²) in [5.41, 5.74) is -0.432. The molecule has 22 heavy (non-hydrogen) atoms. The third-order valence-electron chi connectivity index (χ3n) is 2.66. The summed E-state index contributed by atoms with van der Waals surface area (Å²) in [7, 11) is 2.90. The summed E-state index contributed by atoms with van der Waals surface area (Å²) in [4.78, 5) is 23.3. The minimum absolute atomic E-state index is 0.293. The third-order valence-corrected chi connectivity index (χ3v) is 2.66. The van der Waals surface area contributed by atoms with Crippen LogP contribution >= 0.6 is 0 Å². The molecule has 1 atom stereocenters. The van der Waals surface area contributed by atoms with Gasteiger partial charge in [-0.1, -0.05) is 0 Å². The first-order valence-corrected chi connectivity index (χ1v) is 6.62. The number of aliphatic carboxylic acids is 1. The van der Waals surface area contributed by atoms with Crippen molar-refractivity contribution >= 4 is 12.1 Å². The highest BCUT2D eigenvalue weighted by Gasteiger charge is 2.28. The Kier molecular flexibility index (Phi) is 5.62. The molecule has 0 fully saturated rings. The van der Waals surface area contributed by atoms with Crippen LogP contribution in [0.1, 0.15) is 32.4 Å². The van der Waals surface area contributed by atoms with Crippen molar-refractivity contribution in [2.24, 2.45) is 0 Å². The fourth-order valence-electron chi connectivity index (χ4n) is 1.75. The van der Waals surface area contributed by atoms with Gasteiger partial charge >= 0.3 is 12.1 Å². The molecule has 0 radical (unpaired) electrons. The van der Waals surface area contributed by atoms with E-state index in [-0.39, 0.29) is 0 Å². The van der Waals surface area contributed by atoms with Gasteiger partial charge in [-0.05, 0) is 32.9 Å². The standard InChI is InChI=1S/C15H21NO6/c1-15(2,3)22-14(19)16-12(13(17)18)10-7-6-9(20-4)8-11(10)21-5/h6-8,12H,1-5H3,(H,16,19)(H,17,18)/t12-/m0/s1. The van der Waals surface area contributed by atoms with E-state index in [1.54, 1.807) is 32.9 Å². The van der Waals surface area contributed by atoms with Crippen molar-refractivity contribution in [2.75, 3.05) is 14.2 Å². The Morgan fingerprint density at radius 3 is 2.27 bits per heavy atom. The topological polar surface area (TPSA) is 94.1 Å². The predicted molar refractivity (Wildman–Crippen MR) is 79.3 cm³/mol. The average molecular weight is 311 g/mol. The lowest BCUT2D eigenvalue weighted by Crippen LogP contribution is -2.38. The molecule has 1 rings (SSSR count). The summed E-state index contributed by atoms with van der Waals surface area (Å²) >= 11 is 0. The Bertz CT molecular complexity index is 549. The van der Waals surface area contributed by atoms with E-state index >= 15 is 0 Å². The van der Waals surface area contributed by atoms with E-state index in [0.717, 1.165) is 0 Å². The summed E-state index contributed by atoms with van der Waals surface area (Å²) in [6.07, 6.45) is -0.822. The minimum atomic E-state index is -1.30. The summed E-state index contributed by atoms with van der Waals surface area (Å²) in [6.45, 7) is 5.07. The van der Waals surface area contributed by atoms with Crippen LogP contribution in [0.3, 0.4) is 0 Å². The zero-order valence-corrected chi connectivity index (χ0v) is 13.3. The number of benzene rings is 1. The number of alkyl carbamates (subject to hydrolysis) is 1. The lowest BCUT2D eigenvalue weighted by atomic mass is 10.1. The molecule has 0 bridgehead atoms. The Morgan fingerprint density at radius 2 is 1.82 bits per heavy atom. The fraction of sp³-hybridized carbons (Fsp3) is 0.467. The molecule has 0 aliphatic heterocycles. The molecule has 7 heteroatoms. The van der Waals surface area contributed by atoms with E-state index in [4.69, 9.17) is 14.2 Å². The van der Waals surface area contributed by atoms with Crippen LogP contribution in [-0.4, -0.2) is 37.0 Å². The summed E-state index contributed by atoms with van der Waals surface area (Å²) in [6, 6.07) is 3.36. The molecule has 0 spiro atoms. The second-order valence-corrected chi connectivity index (χ2v) is 5.53. The molecular formula is C15H21NO6. The SMILES string of the molecule is COc1ccc([C@H](NC(=O)OC(C)(C)C)C(=O)O)c(OC)c1. The van der Waals surface area contributed by atoms with Gasteiger partial charge in [0, 0.05) is 11.6 Å². The maximum Gasteiger partial charge on any atom is 0.408 e. The second kappa shape index (κ2) is 7.02. The van der Waals surface area contributed by atoms with Gasteiger partial charge in [0.2, 0.25) is 0 Å². The fourth-order valence-corrected chi connectivity index (χ4v) is 1.75. The molecule has 0 heterocycles. The molecule has 0 aromatic heterocycles. The van der Waals surface area contributed by atoms with Gasteiger partial charge in [-0.25, -0.2) is 9.59 Å². The zero-order chi connectivity index (χ0) is 16.9. The molecule has 2 N–H and O–H groups in total. The minimum Gasteiger partial charge on any atom is -0.497 e. The van der Waals surface area contributed by atoms with Crippen LogP contribution in [0.5, 0.6) is 11.5 Å². The first kappa shape index (κ1) is 17.6. The van der Waals surface area contributed by atoms with E-state index in [9.17, 15) is 14.7 Å². The number of amides is 1. The largest absolute Gasteiger partial charge is 0.497 e. The average Bonchev–Trinajstić information content (AvgIpc) is 2.42. The van der Waals surface area contributed by atoms with E-state index < -0.39 is 23.7 Å². The molecule has 1 amide bonds. The third kappa shape index (κ3) is 4.83. The highest BCUT2D eigenvalue weighted by Crippen LogP contribution is 2.30. The molecule has 0 aliphatic carbocycles. The van der Waals surface area contributed by atoms with Gasteiger partial charge in [-0.2, -0.15) is 0 Å². The van der Waals surface area contributed by atoms with Crippen LogP contribution in [0.2, 0.25) is 0 Å². The van der Waals surface area contributed by atoms with Gasteiger partial charge in [-0.15, -0.1) is 0 Å². The van der Waals surface area contributed by atoms with Crippen LogP contribution < -0.4 is 14.8 Å². The van der Waals surface area contributed by atoms with Crippen LogP contribution in [0, 0.1) is 0 Å². The van der Waals surface area contributed by atoms with Crippen LogP contribution in [-0.2, 0) is 9.53 Å². The molecule has 122 valence electrons. The maximum absolute atomic E-state index is 11.8. The van der Waals surface area contributed by atoms with Gasteiger partial charge in [0.15, 0.2) is 6.04 Å². The van der Waals surface area contributed by atoms with Crippen molar-refractivity contribution in [3.05, 3.63) is 23.8 Å². The number of ether oxygens (including phenoxy) is 3. The van der Waals surface area contributed by atoms with Gasteiger partial charge in [0.25, 0.3) is 0 Å². The lowest BCUT2D eigenvalue weighted by Gasteiger charge is -2.23. The predicted octanol–water partition coefficient (Wildman–Crippen LogP) is 2.35. The molecule has 0 unspecified atom stereocenters. The van der Waals surface area contributed by atoms with Crippen molar-refractivity contribution in [2.45, 2.75) is 32.4 Å². The molecule has 1 aromatic rings. The first-order chi connectivity index (χ1) is 10.2. The number of carboxylic acid groups (broad SMARTS) is 1. The number of methoxy groups -OCH3 is 2. The molecule has 0 saturated carbocycles. The van der Waals surface area contributed by atoms with Crippen molar-refractivity contribution in [1.82, 2.24) is 5.32 Å². The van der Waals surface area contributed by atoms with Crippen LogP contribution in [0.25, 0.3) is 0 Å². The molecular weight excluding hydrogens is 290 g/mol.